The molecule has 0 saturated heterocycles. The van der Waals surface area contributed by atoms with Crippen LogP contribution in [0.5, 0.6) is 0 Å². The topological polar surface area (TPSA) is 26.3 Å². The zero-order valence-corrected chi connectivity index (χ0v) is 11.2. The normalized spacial score (nSPS) is 10.1. The van der Waals surface area contributed by atoms with Gasteiger partial charge in [0.25, 0.3) is 0 Å². The number of hydrogen-bond acceptors (Lipinski definition) is 2. The maximum atomic E-state index is 13.8. The Morgan fingerprint density at radius 2 is 2.07 bits per heavy atom. The van der Waals surface area contributed by atoms with E-state index in [1.807, 2.05) is 0 Å². The van der Waals surface area contributed by atoms with Gasteiger partial charge in [-0.3, -0.25) is 0 Å². The minimum absolute atomic E-state index is 0.0309. The van der Waals surface area contributed by atoms with E-state index in [1.54, 1.807) is 6.07 Å². The lowest BCUT2D eigenvalue weighted by Gasteiger charge is -2.08. The van der Waals surface area contributed by atoms with Crippen molar-refractivity contribution in [3.63, 3.8) is 0 Å². The van der Waals surface area contributed by atoms with Crippen LogP contribution in [0.1, 0.15) is 21.5 Å². The van der Waals surface area contributed by atoms with Gasteiger partial charge in [0.15, 0.2) is 0 Å². The Hall–Kier alpha value is -0.420. The molecule has 0 unspecified atom stereocenters. The van der Waals surface area contributed by atoms with Gasteiger partial charge in [0.1, 0.15) is 5.82 Å². The lowest BCUT2D eigenvalue weighted by molar-refractivity contribution is 0.0595. The summed E-state index contributed by atoms with van der Waals surface area (Å²) in [4.78, 5) is 11.2. The SMILES string of the molecule is COC(=O)c1ccc(CBr)c(CBr)c1F. The van der Waals surface area contributed by atoms with Crippen molar-refractivity contribution >= 4 is 37.8 Å². The number of carbonyl (C=O) groups is 1. The Kier molecular flexibility index (Phi) is 4.73. The molecule has 1 aromatic rings. The number of esters is 1. The first kappa shape index (κ1) is 12.6. The summed E-state index contributed by atoms with van der Waals surface area (Å²) < 4.78 is 18.3. The summed E-state index contributed by atoms with van der Waals surface area (Å²) in [5.74, 6) is -1.17. The number of methoxy groups -OCH3 is 1. The number of benzene rings is 1. The molecular formula is C10H9Br2FO2. The first-order chi connectivity index (χ1) is 7.15. The average molecular weight is 340 g/mol. The number of rotatable bonds is 3. The summed E-state index contributed by atoms with van der Waals surface area (Å²) in [6.07, 6.45) is 0. The van der Waals surface area contributed by atoms with E-state index >= 15 is 0 Å². The van der Waals surface area contributed by atoms with Crippen LogP contribution in [0.4, 0.5) is 4.39 Å². The fraction of sp³-hybridized carbons (Fsp3) is 0.300. The smallest absolute Gasteiger partial charge is 0.340 e. The molecule has 0 amide bonds. The molecule has 0 aliphatic heterocycles. The Morgan fingerprint density at radius 3 is 2.53 bits per heavy atom. The highest BCUT2D eigenvalue weighted by Crippen LogP contribution is 2.23. The molecule has 0 aliphatic rings. The predicted octanol–water partition coefficient (Wildman–Crippen LogP) is 3.40. The van der Waals surface area contributed by atoms with Gasteiger partial charge in [-0.15, -0.1) is 0 Å². The number of halogens is 3. The van der Waals surface area contributed by atoms with Crippen molar-refractivity contribution in [3.05, 3.63) is 34.6 Å². The van der Waals surface area contributed by atoms with Crippen LogP contribution in [0, 0.1) is 5.82 Å². The standard InChI is InChI=1S/C10H9Br2FO2/c1-15-10(14)7-3-2-6(4-11)8(5-12)9(7)13/h2-3H,4-5H2,1H3. The minimum Gasteiger partial charge on any atom is -0.465 e. The van der Waals surface area contributed by atoms with Gasteiger partial charge in [-0.25, -0.2) is 9.18 Å². The average Bonchev–Trinajstić information content (AvgIpc) is 2.27. The van der Waals surface area contributed by atoms with Crippen LogP contribution in [-0.4, -0.2) is 13.1 Å². The third-order valence-corrected chi connectivity index (χ3v) is 3.19. The summed E-state index contributed by atoms with van der Waals surface area (Å²) in [5, 5.41) is 0.914. The maximum absolute atomic E-state index is 13.8. The van der Waals surface area contributed by atoms with E-state index in [-0.39, 0.29) is 5.56 Å². The second-order valence-corrected chi connectivity index (χ2v) is 3.95. The molecule has 0 fully saturated rings. The molecule has 2 nitrogen and oxygen atoms in total. The number of alkyl halides is 2. The molecule has 0 aliphatic carbocycles. The van der Waals surface area contributed by atoms with Crippen molar-refractivity contribution in [1.82, 2.24) is 0 Å². The van der Waals surface area contributed by atoms with E-state index < -0.39 is 11.8 Å². The second kappa shape index (κ2) is 5.61. The van der Waals surface area contributed by atoms with Gasteiger partial charge in [-0.05, 0) is 11.6 Å². The molecular weight excluding hydrogens is 331 g/mol. The van der Waals surface area contributed by atoms with Crippen LogP contribution in [0.3, 0.4) is 0 Å². The molecule has 0 saturated carbocycles. The molecule has 15 heavy (non-hydrogen) atoms. The lowest BCUT2D eigenvalue weighted by atomic mass is 10.1. The highest BCUT2D eigenvalue weighted by molar-refractivity contribution is 9.09. The highest BCUT2D eigenvalue weighted by Gasteiger charge is 2.17. The Balaban J connectivity index is 3.29. The fourth-order valence-corrected chi connectivity index (χ4v) is 2.33. The van der Waals surface area contributed by atoms with Crippen LogP contribution < -0.4 is 0 Å². The summed E-state index contributed by atoms with van der Waals surface area (Å²) in [7, 11) is 1.23. The summed E-state index contributed by atoms with van der Waals surface area (Å²) in [6, 6.07) is 3.14. The molecule has 0 spiro atoms. The van der Waals surface area contributed by atoms with Crippen LogP contribution in [-0.2, 0) is 15.4 Å². The molecule has 0 radical (unpaired) electrons. The van der Waals surface area contributed by atoms with E-state index in [4.69, 9.17) is 0 Å². The van der Waals surface area contributed by atoms with Gasteiger partial charge < -0.3 is 4.74 Å². The molecule has 0 N–H and O–H groups in total. The molecule has 0 heterocycles. The molecule has 0 atom stereocenters. The van der Waals surface area contributed by atoms with Gasteiger partial charge in [-0.1, -0.05) is 37.9 Å². The zero-order valence-electron chi connectivity index (χ0n) is 8.02. The van der Waals surface area contributed by atoms with Gasteiger partial charge in [0.05, 0.1) is 12.7 Å². The van der Waals surface area contributed by atoms with Crippen LogP contribution in [0.25, 0.3) is 0 Å². The van der Waals surface area contributed by atoms with Crippen molar-refractivity contribution in [2.75, 3.05) is 7.11 Å². The Bertz CT molecular complexity index is 380. The third kappa shape index (κ3) is 2.58. The van der Waals surface area contributed by atoms with Crippen LogP contribution >= 0.6 is 31.9 Å². The Labute approximate surface area is 104 Å². The molecule has 82 valence electrons. The summed E-state index contributed by atoms with van der Waals surface area (Å²) in [6.45, 7) is 0. The first-order valence-electron chi connectivity index (χ1n) is 4.16. The zero-order chi connectivity index (χ0) is 11.4. The van der Waals surface area contributed by atoms with E-state index in [2.05, 4.69) is 36.6 Å². The van der Waals surface area contributed by atoms with E-state index in [9.17, 15) is 9.18 Å². The Morgan fingerprint density at radius 1 is 1.40 bits per heavy atom. The monoisotopic (exact) mass is 338 g/mol. The number of carbonyl (C=O) groups excluding carboxylic acids is 1. The van der Waals surface area contributed by atoms with Gasteiger partial charge in [0, 0.05) is 16.2 Å². The predicted molar refractivity (Wildman–Crippen MR) is 63.0 cm³/mol. The van der Waals surface area contributed by atoms with Crippen molar-refractivity contribution < 1.29 is 13.9 Å². The van der Waals surface area contributed by atoms with Crippen LogP contribution in [0.2, 0.25) is 0 Å². The third-order valence-electron chi connectivity index (χ3n) is 2.02. The van der Waals surface area contributed by atoms with Gasteiger partial charge >= 0.3 is 5.97 Å². The summed E-state index contributed by atoms with van der Waals surface area (Å²) in [5.41, 5.74) is 1.27. The van der Waals surface area contributed by atoms with Crippen molar-refractivity contribution in [2.45, 2.75) is 10.7 Å². The molecule has 0 bridgehead atoms. The van der Waals surface area contributed by atoms with Crippen molar-refractivity contribution in [1.29, 1.82) is 0 Å². The number of hydrogen-bond donors (Lipinski definition) is 0. The first-order valence-corrected chi connectivity index (χ1v) is 6.40. The van der Waals surface area contributed by atoms with Crippen molar-refractivity contribution in [3.8, 4) is 0 Å². The van der Waals surface area contributed by atoms with Crippen molar-refractivity contribution in [2.24, 2.45) is 0 Å². The summed E-state index contributed by atoms with van der Waals surface area (Å²) >= 11 is 6.45. The van der Waals surface area contributed by atoms with E-state index in [1.165, 1.54) is 13.2 Å². The van der Waals surface area contributed by atoms with Gasteiger partial charge in [-0.2, -0.15) is 0 Å². The quantitative estimate of drug-likeness (QED) is 0.623. The largest absolute Gasteiger partial charge is 0.465 e. The molecule has 1 rings (SSSR count). The van der Waals surface area contributed by atoms with Crippen LogP contribution in [0.15, 0.2) is 12.1 Å². The molecule has 0 aromatic heterocycles. The minimum atomic E-state index is -0.657. The van der Waals surface area contributed by atoms with E-state index in [0.29, 0.717) is 16.2 Å². The highest BCUT2D eigenvalue weighted by atomic mass is 79.9. The number of ether oxygens (including phenoxy) is 1. The fourth-order valence-electron chi connectivity index (χ4n) is 1.20. The van der Waals surface area contributed by atoms with Gasteiger partial charge in [0.2, 0.25) is 0 Å². The van der Waals surface area contributed by atoms with E-state index in [0.717, 1.165) is 5.56 Å². The molecule has 1 aromatic carbocycles. The second-order valence-electron chi connectivity index (χ2n) is 2.82. The maximum Gasteiger partial charge on any atom is 0.340 e. The molecule has 5 heteroatoms. The lowest BCUT2D eigenvalue weighted by Crippen LogP contribution is -2.07.